The van der Waals surface area contributed by atoms with E-state index in [2.05, 4.69) is 57.5 Å². The molecule has 0 spiro atoms. The quantitative estimate of drug-likeness (QED) is 0.830. The van der Waals surface area contributed by atoms with Crippen molar-refractivity contribution < 1.29 is 0 Å². The van der Waals surface area contributed by atoms with Gasteiger partial charge in [0, 0.05) is 17.1 Å². The molecule has 1 aromatic carbocycles. The smallest absolute Gasteiger partial charge is 0.0340 e. The third-order valence-electron chi connectivity index (χ3n) is 3.70. The van der Waals surface area contributed by atoms with E-state index in [1.807, 2.05) is 7.05 Å². The number of halogens is 1. The molecular formula is C15H23BrN2. The molecule has 2 nitrogen and oxygen atoms in total. The van der Waals surface area contributed by atoms with E-state index in [-0.39, 0.29) is 0 Å². The largest absolute Gasteiger partial charge is 0.313 e. The minimum Gasteiger partial charge on any atom is -0.313 e. The highest BCUT2D eigenvalue weighted by Gasteiger charge is 2.23. The summed E-state index contributed by atoms with van der Waals surface area (Å²) in [7, 11) is 4.29. The topological polar surface area (TPSA) is 15.3 Å². The predicted octanol–water partition coefficient (Wildman–Crippen LogP) is 3.44. The molecule has 1 aromatic rings. The van der Waals surface area contributed by atoms with Gasteiger partial charge in [-0.1, -0.05) is 34.1 Å². The third-order valence-corrected chi connectivity index (χ3v) is 4.42. The summed E-state index contributed by atoms with van der Waals surface area (Å²) in [6.07, 6.45) is 4.02. The fourth-order valence-corrected chi connectivity index (χ4v) is 2.96. The first kappa shape index (κ1) is 14.0. The Labute approximate surface area is 119 Å². The van der Waals surface area contributed by atoms with Crippen LogP contribution in [0.5, 0.6) is 0 Å². The van der Waals surface area contributed by atoms with E-state index in [1.54, 1.807) is 0 Å². The van der Waals surface area contributed by atoms with Gasteiger partial charge < -0.3 is 10.2 Å². The number of benzene rings is 1. The van der Waals surface area contributed by atoms with Crippen molar-refractivity contribution in [2.75, 3.05) is 27.2 Å². The van der Waals surface area contributed by atoms with Crippen LogP contribution < -0.4 is 5.32 Å². The van der Waals surface area contributed by atoms with Crippen LogP contribution in [-0.4, -0.2) is 32.1 Å². The zero-order valence-corrected chi connectivity index (χ0v) is 12.9. The monoisotopic (exact) mass is 310 g/mol. The van der Waals surface area contributed by atoms with E-state index in [4.69, 9.17) is 0 Å². The zero-order valence-electron chi connectivity index (χ0n) is 11.3. The normalized spacial score (nSPS) is 17.1. The Balaban J connectivity index is 1.86. The van der Waals surface area contributed by atoms with Crippen LogP contribution in [0.25, 0.3) is 0 Å². The first-order valence-electron chi connectivity index (χ1n) is 6.81. The molecule has 100 valence electrons. The number of rotatable bonds is 7. The lowest BCUT2D eigenvalue weighted by molar-refractivity contribution is 0.299. The third kappa shape index (κ3) is 4.08. The zero-order chi connectivity index (χ0) is 13.0. The van der Waals surface area contributed by atoms with Crippen molar-refractivity contribution in [1.82, 2.24) is 10.2 Å². The van der Waals surface area contributed by atoms with Gasteiger partial charge in [0.25, 0.3) is 0 Å². The Kier molecular flexibility index (Phi) is 5.22. The molecule has 2 rings (SSSR count). The van der Waals surface area contributed by atoms with Gasteiger partial charge in [-0.05, 0) is 57.5 Å². The maximum absolute atomic E-state index is 3.64. The Morgan fingerprint density at radius 3 is 2.72 bits per heavy atom. The van der Waals surface area contributed by atoms with E-state index >= 15 is 0 Å². The van der Waals surface area contributed by atoms with Crippen LogP contribution in [0.3, 0.4) is 0 Å². The van der Waals surface area contributed by atoms with Crippen molar-refractivity contribution in [2.45, 2.75) is 25.3 Å². The van der Waals surface area contributed by atoms with Crippen LogP contribution in [0.4, 0.5) is 0 Å². The van der Waals surface area contributed by atoms with Gasteiger partial charge >= 0.3 is 0 Å². The molecule has 0 aliphatic heterocycles. The molecule has 0 radical (unpaired) electrons. The molecule has 18 heavy (non-hydrogen) atoms. The van der Waals surface area contributed by atoms with Gasteiger partial charge in [0.2, 0.25) is 0 Å². The summed E-state index contributed by atoms with van der Waals surface area (Å²) < 4.78 is 1.20. The van der Waals surface area contributed by atoms with E-state index in [9.17, 15) is 0 Å². The van der Waals surface area contributed by atoms with Crippen molar-refractivity contribution >= 4 is 15.9 Å². The molecule has 1 aliphatic rings. The highest BCUT2D eigenvalue weighted by atomic mass is 79.9. The fraction of sp³-hybridized carbons (Fsp3) is 0.600. The summed E-state index contributed by atoms with van der Waals surface area (Å²) in [4.78, 5) is 2.47. The van der Waals surface area contributed by atoms with Gasteiger partial charge in [-0.3, -0.25) is 0 Å². The molecular weight excluding hydrogens is 288 g/mol. The highest BCUT2D eigenvalue weighted by molar-refractivity contribution is 9.10. The average molecular weight is 311 g/mol. The van der Waals surface area contributed by atoms with Crippen LogP contribution in [0.15, 0.2) is 28.7 Å². The van der Waals surface area contributed by atoms with E-state index in [0.717, 1.165) is 18.9 Å². The molecule has 3 heteroatoms. The lowest BCUT2D eigenvalue weighted by Gasteiger charge is -2.22. The lowest BCUT2D eigenvalue weighted by atomic mass is 10.0. The van der Waals surface area contributed by atoms with Gasteiger partial charge in [0.15, 0.2) is 0 Å². The highest BCUT2D eigenvalue weighted by Crippen LogP contribution is 2.30. The molecule has 0 heterocycles. The summed E-state index contributed by atoms with van der Waals surface area (Å²) >= 11 is 3.64. The van der Waals surface area contributed by atoms with Crippen LogP contribution >= 0.6 is 15.9 Å². The molecule has 0 aromatic heterocycles. The second-order valence-electron chi connectivity index (χ2n) is 5.36. The van der Waals surface area contributed by atoms with E-state index in [1.165, 1.54) is 29.4 Å². The Hall–Kier alpha value is -0.380. The summed E-state index contributed by atoms with van der Waals surface area (Å²) in [5.41, 5.74) is 1.36. The molecule has 1 saturated carbocycles. The predicted molar refractivity (Wildman–Crippen MR) is 80.8 cm³/mol. The van der Waals surface area contributed by atoms with Crippen molar-refractivity contribution in [3.8, 4) is 0 Å². The van der Waals surface area contributed by atoms with Crippen LogP contribution in [0.2, 0.25) is 0 Å². The maximum atomic E-state index is 3.64. The Morgan fingerprint density at radius 1 is 1.39 bits per heavy atom. The minimum atomic E-state index is 0.433. The second-order valence-corrected chi connectivity index (χ2v) is 6.21. The molecule has 1 unspecified atom stereocenters. The van der Waals surface area contributed by atoms with Gasteiger partial charge in [-0.25, -0.2) is 0 Å². The summed E-state index contributed by atoms with van der Waals surface area (Å²) in [6.45, 7) is 2.43. The molecule has 0 saturated heterocycles. The van der Waals surface area contributed by atoms with Crippen LogP contribution in [0.1, 0.15) is 30.9 Å². The molecule has 1 atom stereocenters. The van der Waals surface area contributed by atoms with Gasteiger partial charge in [0.1, 0.15) is 0 Å². The lowest BCUT2D eigenvalue weighted by Crippen LogP contribution is -2.27. The van der Waals surface area contributed by atoms with Crippen LogP contribution in [-0.2, 0) is 0 Å². The van der Waals surface area contributed by atoms with E-state index < -0.39 is 0 Å². The molecule has 0 bridgehead atoms. The Morgan fingerprint density at radius 2 is 2.11 bits per heavy atom. The summed E-state index contributed by atoms with van der Waals surface area (Å²) in [5, 5.41) is 3.43. The van der Waals surface area contributed by atoms with E-state index in [0.29, 0.717) is 6.04 Å². The first-order valence-corrected chi connectivity index (χ1v) is 7.60. The SMILES string of the molecule is CNC(CCN(C)CC1CC1)c1ccccc1Br. The first-order chi connectivity index (χ1) is 8.70. The molecule has 1 N–H and O–H groups in total. The number of hydrogen-bond donors (Lipinski definition) is 1. The number of hydrogen-bond acceptors (Lipinski definition) is 2. The number of nitrogens with one attached hydrogen (secondary N) is 1. The maximum Gasteiger partial charge on any atom is 0.0340 e. The average Bonchev–Trinajstić information content (AvgIpc) is 3.16. The van der Waals surface area contributed by atoms with Gasteiger partial charge in [-0.2, -0.15) is 0 Å². The van der Waals surface area contributed by atoms with Gasteiger partial charge in [0.05, 0.1) is 0 Å². The van der Waals surface area contributed by atoms with Crippen molar-refractivity contribution in [3.05, 3.63) is 34.3 Å². The van der Waals surface area contributed by atoms with Gasteiger partial charge in [-0.15, -0.1) is 0 Å². The summed E-state index contributed by atoms with van der Waals surface area (Å²) in [6, 6.07) is 8.93. The second kappa shape index (κ2) is 6.69. The summed E-state index contributed by atoms with van der Waals surface area (Å²) in [5.74, 6) is 0.978. The fourth-order valence-electron chi connectivity index (χ4n) is 2.40. The van der Waals surface area contributed by atoms with Crippen molar-refractivity contribution in [1.29, 1.82) is 0 Å². The van der Waals surface area contributed by atoms with Crippen molar-refractivity contribution in [2.24, 2.45) is 5.92 Å². The molecule has 0 amide bonds. The standard InChI is InChI=1S/C15H23BrN2/c1-17-15(13-5-3-4-6-14(13)16)9-10-18(2)11-12-7-8-12/h3-6,12,15,17H,7-11H2,1-2H3. The molecule has 1 aliphatic carbocycles. The van der Waals surface area contributed by atoms with Crippen LogP contribution in [0, 0.1) is 5.92 Å². The number of nitrogens with zero attached hydrogens (tertiary/aromatic N) is 1. The molecule has 1 fully saturated rings. The Bertz CT molecular complexity index is 377. The van der Waals surface area contributed by atoms with Crippen molar-refractivity contribution in [3.63, 3.8) is 0 Å². The minimum absolute atomic E-state index is 0.433.